The van der Waals surface area contributed by atoms with Crippen LogP contribution in [0.15, 0.2) is 18.5 Å². The summed E-state index contributed by atoms with van der Waals surface area (Å²) in [5.41, 5.74) is 0.381. The summed E-state index contributed by atoms with van der Waals surface area (Å²) in [6.45, 7) is 10.1. The van der Waals surface area contributed by atoms with Crippen LogP contribution in [-0.4, -0.2) is 42.7 Å². The number of aromatic nitrogens is 1. The van der Waals surface area contributed by atoms with E-state index in [9.17, 15) is 0 Å². The van der Waals surface area contributed by atoms with Gasteiger partial charge in [-0.1, -0.05) is 0 Å². The van der Waals surface area contributed by atoms with E-state index in [4.69, 9.17) is 18.8 Å². The molecular weight excluding hydrogens is 257 g/mol. The highest BCUT2D eigenvalue weighted by molar-refractivity contribution is 6.62. The smallest absolute Gasteiger partial charge is 0.399 e. The maximum atomic E-state index is 6.04. The number of hydrogen-bond donors (Lipinski definition) is 0. The van der Waals surface area contributed by atoms with Gasteiger partial charge in [0, 0.05) is 17.9 Å². The summed E-state index contributed by atoms with van der Waals surface area (Å²) < 4.78 is 25.2. The predicted molar refractivity (Wildman–Crippen MR) is 76.0 cm³/mol. The molecule has 5 nitrogen and oxygen atoms in total. The molecule has 0 amide bonds. The van der Waals surface area contributed by atoms with Crippen molar-refractivity contribution in [2.45, 2.75) is 45.1 Å². The predicted octanol–water partition coefficient (Wildman–Crippen LogP) is 1.33. The molecule has 0 N–H and O–H groups in total. The first-order chi connectivity index (χ1) is 9.39. The summed E-state index contributed by atoms with van der Waals surface area (Å²) >= 11 is 0. The highest BCUT2D eigenvalue weighted by Gasteiger charge is 2.51. The van der Waals surface area contributed by atoms with Gasteiger partial charge in [-0.3, -0.25) is 0 Å². The van der Waals surface area contributed by atoms with Crippen LogP contribution in [0, 0.1) is 0 Å². The average molecular weight is 279 g/mol. The number of hydrogen-bond acceptors (Lipinski definition) is 4. The van der Waals surface area contributed by atoms with Crippen LogP contribution in [0.5, 0.6) is 0 Å². The van der Waals surface area contributed by atoms with Gasteiger partial charge in [0.2, 0.25) is 0 Å². The van der Waals surface area contributed by atoms with Gasteiger partial charge in [-0.05, 0) is 33.8 Å². The molecule has 0 aromatic carbocycles. The van der Waals surface area contributed by atoms with Crippen molar-refractivity contribution in [3.05, 3.63) is 18.5 Å². The lowest BCUT2D eigenvalue weighted by Crippen LogP contribution is -2.41. The van der Waals surface area contributed by atoms with Crippen LogP contribution in [0.25, 0.3) is 0 Å². The fourth-order valence-corrected chi connectivity index (χ4v) is 2.38. The summed E-state index contributed by atoms with van der Waals surface area (Å²) in [5.74, 6) is 0. The van der Waals surface area contributed by atoms with Crippen LogP contribution in [0.4, 0.5) is 0 Å². The van der Waals surface area contributed by atoms with Gasteiger partial charge in [0.25, 0.3) is 0 Å². The molecule has 0 radical (unpaired) electrons. The van der Waals surface area contributed by atoms with E-state index in [0.29, 0.717) is 19.8 Å². The van der Waals surface area contributed by atoms with Gasteiger partial charge >= 0.3 is 7.12 Å². The lowest BCUT2D eigenvalue weighted by atomic mass is 9.81. The molecule has 3 heterocycles. The average Bonchev–Trinajstić information content (AvgIpc) is 2.94. The van der Waals surface area contributed by atoms with E-state index < -0.39 is 0 Å². The minimum atomic E-state index is -0.328. The third-order valence-corrected chi connectivity index (χ3v) is 4.39. The van der Waals surface area contributed by atoms with Crippen molar-refractivity contribution in [2.24, 2.45) is 0 Å². The second-order valence-corrected chi connectivity index (χ2v) is 6.38. The second kappa shape index (κ2) is 4.88. The molecule has 6 heteroatoms. The molecule has 2 aliphatic heterocycles. The minimum absolute atomic E-state index is 0.0556. The molecule has 20 heavy (non-hydrogen) atoms. The zero-order valence-electron chi connectivity index (χ0n) is 12.6. The zero-order chi connectivity index (χ0) is 14.4. The van der Waals surface area contributed by atoms with Crippen molar-refractivity contribution in [3.8, 4) is 0 Å². The van der Waals surface area contributed by atoms with Crippen molar-refractivity contribution in [1.82, 2.24) is 4.57 Å². The fourth-order valence-electron chi connectivity index (χ4n) is 2.38. The number of ether oxygens (including phenoxy) is 2. The van der Waals surface area contributed by atoms with Crippen molar-refractivity contribution in [3.63, 3.8) is 0 Å². The van der Waals surface area contributed by atoms with E-state index >= 15 is 0 Å². The second-order valence-electron chi connectivity index (χ2n) is 6.38. The van der Waals surface area contributed by atoms with E-state index in [1.807, 2.05) is 23.0 Å². The topological polar surface area (TPSA) is 41.9 Å². The molecule has 2 saturated heterocycles. The fraction of sp³-hybridized carbons (Fsp3) is 0.714. The van der Waals surface area contributed by atoms with Gasteiger partial charge in [0.15, 0.2) is 6.23 Å². The quantitative estimate of drug-likeness (QED) is 0.766. The maximum Gasteiger partial charge on any atom is 0.496 e. The summed E-state index contributed by atoms with van der Waals surface area (Å²) in [4.78, 5) is 0. The Labute approximate surface area is 120 Å². The van der Waals surface area contributed by atoms with E-state index in [2.05, 4.69) is 27.7 Å². The SMILES string of the molecule is CC1(C)OB(c2ccn(C3COCCO3)c2)OC1(C)C. The van der Waals surface area contributed by atoms with Gasteiger partial charge in [-0.15, -0.1) is 0 Å². The number of rotatable bonds is 2. The Bertz CT molecular complexity index is 463. The summed E-state index contributed by atoms with van der Waals surface area (Å²) in [5, 5.41) is 0. The van der Waals surface area contributed by atoms with Crippen LogP contribution in [0.1, 0.15) is 33.9 Å². The summed E-state index contributed by atoms with van der Waals surface area (Å²) in [6.07, 6.45) is 3.95. The van der Waals surface area contributed by atoms with Crippen molar-refractivity contribution >= 4 is 12.6 Å². The molecule has 1 unspecified atom stereocenters. The molecular formula is C14H22BNO4. The first kappa shape index (κ1) is 14.1. The highest BCUT2D eigenvalue weighted by Crippen LogP contribution is 2.36. The molecule has 0 bridgehead atoms. The third kappa shape index (κ3) is 2.41. The molecule has 1 atom stereocenters. The van der Waals surface area contributed by atoms with Gasteiger partial charge < -0.3 is 23.3 Å². The van der Waals surface area contributed by atoms with Crippen LogP contribution >= 0.6 is 0 Å². The van der Waals surface area contributed by atoms with Crippen molar-refractivity contribution < 1.29 is 18.8 Å². The molecule has 0 aliphatic carbocycles. The van der Waals surface area contributed by atoms with E-state index in [1.54, 1.807) is 0 Å². The lowest BCUT2D eigenvalue weighted by Gasteiger charge is -2.32. The van der Waals surface area contributed by atoms with Crippen LogP contribution < -0.4 is 5.46 Å². The first-order valence-electron chi connectivity index (χ1n) is 7.11. The summed E-state index contributed by atoms with van der Waals surface area (Å²) in [7, 11) is -0.328. The Morgan fingerprint density at radius 3 is 2.45 bits per heavy atom. The van der Waals surface area contributed by atoms with Crippen molar-refractivity contribution in [2.75, 3.05) is 19.8 Å². The Morgan fingerprint density at radius 1 is 1.15 bits per heavy atom. The van der Waals surface area contributed by atoms with Gasteiger partial charge in [-0.2, -0.15) is 0 Å². The van der Waals surface area contributed by atoms with Crippen LogP contribution in [0.2, 0.25) is 0 Å². The Kier molecular flexibility index (Phi) is 3.45. The third-order valence-electron chi connectivity index (χ3n) is 4.39. The maximum absolute atomic E-state index is 6.04. The van der Waals surface area contributed by atoms with Crippen LogP contribution in [-0.2, 0) is 18.8 Å². The molecule has 3 rings (SSSR count). The number of nitrogens with zero attached hydrogens (tertiary/aromatic N) is 1. The normalized spacial score (nSPS) is 28.8. The van der Waals surface area contributed by atoms with E-state index in [-0.39, 0.29) is 24.5 Å². The Balaban J connectivity index is 1.74. The van der Waals surface area contributed by atoms with E-state index in [1.165, 1.54) is 0 Å². The molecule has 2 fully saturated rings. The lowest BCUT2D eigenvalue weighted by molar-refractivity contribution is -0.122. The molecule has 2 aliphatic rings. The van der Waals surface area contributed by atoms with Gasteiger partial charge in [0.05, 0.1) is 31.0 Å². The Morgan fingerprint density at radius 2 is 1.85 bits per heavy atom. The van der Waals surface area contributed by atoms with Crippen LogP contribution in [0.3, 0.4) is 0 Å². The highest BCUT2D eigenvalue weighted by atomic mass is 16.7. The molecule has 110 valence electrons. The molecule has 1 aromatic rings. The van der Waals surface area contributed by atoms with Gasteiger partial charge in [-0.25, -0.2) is 0 Å². The standard InChI is InChI=1S/C14H22BNO4/c1-13(2)14(3,4)20-15(19-13)11-5-6-16(9-11)12-10-17-7-8-18-12/h5-6,9,12H,7-8,10H2,1-4H3. The molecule has 0 saturated carbocycles. The van der Waals surface area contributed by atoms with Gasteiger partial charge in [0.1, 0.15) is 0 Å². The summed E-state index contributed by atoms with van der Waals surface area (Å²) in [6, 6.07) is 2.01. The van der Waals surface area contributed by atoms with Crippen molar-refractivity contribution in [1.29, 1.82) is 0 Å². The minimum Gasteiger partial charge on any atom is -0.399 e. The monoisotopic (exact) mass is 279 g/mol. The largest absolute Gasteiger partial charge is 0.496 e. The molecule has 1 aromatic heterocycles. The zero-order valence-corrected chi connectivity index (χ0v) is 12.6. The molecule has 0 spiro atoms. The van der Waals surface area contributed by atoms with E-state index in [0.717, 1.165) is 5.46 Å². The first-order valence-corrected chi connectivity index (χ1v) is 7.11. The Hall–Kier alpha value is -0.815.